The van der Waals surface area contributed by atoms with Gasteiger partial charge in [0.05, 0.1) is 4.90 Å². The largest absolute Gasteiger partial charge is 0.328 e. The Morgan fingerprint density at radius 2 is 2.15 bits per heavy atom. The van der Waals surface area contributed by atoms with Gasteiger partial charge in [-0.25, -0.2) is 12.8 Å². The number of hydrogen-bond acceptors (Lipinski definition) is 3. The molecule has 0 amide bonds. The van der Waals surface area contributed by atoms with Crippen molar-refractivity contribution in [1.82, 2.24) is 4.31 Å². The fourth-order valence-electron chi connectivity index (χ4n) is 2.66. The minimum Gasteiger partial charge on any atom is -0.328 e. The van der Waals surface area contributed by atoms with Crippen LogP contribution in [0.1, 0.15) is 25.3 Å². The Morgan fingerprint density at radius 1 is 1.45 bits per heavy atom. The average Bonchev–Trinajstić information content (AvgIpc) is 2.38. The van der Waals surface area contributed by atoms with Crippen LogP contribution in [0.5, 0.6) is 0 Å². The molecule has 2 atom stereocenters. The molecule has 4 nitrogen and oxygen atoms in total. The second kappa shape index (κ2) is 5.79. The van der Waals surface area contributed by atoms with E-state index in [4.69, 9.17) is 5.73 Å². The first-order chi connectivity index (χ1) is 9.32. The zero-order valence-corrected chi connectivity index (χ0v) is 12.7. The van der Waals surface area contributed by atoms with Gasteiger partial charge in [-0.05, 0) is 56.4 Å². The van der Waals surface area contributed by atoms with Gasteiger partial charge in [-0.3, -0.25) is 0 Å². The van der Waals surface area contributed by atoms with Gasteiger partial charge in [0.1, 0.15) is 5.82 Å². The summed E-state index contributed by atoms with van der Waals surface area (Å²) in [5.41, 5.74) is 6.33. The van der Waals surface area contributed by atoms with E-state index in [9.17, 15) is 12.8 Å². The molecule has 1 fully saturated rings. The number of hydrogen-bond donors (Lipinski definition) is 1. The highest BCUT2D eigenvalue weighted by atomic mass is 32.2. The number of sulfonamides is 1. The normalized spacial score (nSPS) is 22.7. The fourth-order valence-corrected chi connectivity index (χ4v) is 4.40. The number of halogens is 1. The van der Waals surface area contributed by atoms with E-state index < -0.39 is 15.8 Å². The molecule has 6 heteroatoms. The van der Waals surface area contributed by atoms with E-state index in [0.29, 0.717) is 18.7 Å². The van der Waals surface area contributed by atoms with Crippen LogP contribution in [-0.4, -0.2) is 31.9 Å². The van der Waals surface area contributed by atoms with E-state index in [-0.39, 0.29) is 16.9 Å². The van der Waals surface area contributed by atoms with E-state index in [0.717, 1.165) is 12.8 Å². The van der Waals surface area contributed by atoms with Crippen molar-refractivity contribution < 1.29 is 12.8 Å². The van der Waals surface area contributed by atoms with Gasteiger partial charge in [0.2, 0.25) is 10.0 Å². The predicted molar refractivity (Wildman–Crippen MR) is 76.3 cm³/mol. The van der Waals surface area contributed by atoms with Gasteiger partial charge >= 0.3 is 0 Å². The van der Waals surface area contributed by atoms with Gasteiger partial charge in [0, 0.05) is 19.1 Å². The molecule has 0 radical (unpaired) electrons. The van der Waals surface area contributed by atoms with Crippen molar-refractivity contribution in [3.05, 3.63) is 29.6 Å². The van der Waals surface area contributed by atoms with Crippen molar-refractivity contribution in [3.63, 3.8) is 0 Å². The summed E-state index contributed by atoms with van der Waals surface area (Å²) in [6, 6.07) is 3.75. The maximum absolute atomic E-state index is 13.1. The number of piperidine rings is 1. The number of rotatable bonds is 3. The van der Waals surface area contributed by atoms with Crippen LogP contribution in [0.15, 0.2) is 23.1 Å². The van der Waals surface area contributed by atoms with Crippen molar-refractivity contribution in [2.24, 2.45) is 11.7 Å². The lowest BCUT2D eigenvalue weighted by molar-refractivity contribution is 0.243. The van der Waals surface area contributed by atoms with Gasteiger partial charge in [0.15, 0.2) is 0 Å². The van der Waals surface area contributed by atoms with Gasteiger partial charge in [0.25, 0.3) is 0 Å². The third-order valence-electron chi connectivity index (χ3n) is 3.92. The average molecular weight is 300 g/mol. The molecule has 0 aliphatic carbocycles. The van der Waals surface area contributed by atoms with Crippen molar-refractivity contribution in [1.29, 1.82) is 0 Å². The SMILES string of the molecule is Cc1cc(F)ccc1S(=O)(=O)N1CCCC(C(C)N)C1. The highest BCUT2D eigenvalue weighted by Gasteiger charge is 2.32. The van der Waals surface area contributed by atoms with E-state index in [2.05, 4.69) is 0 Å². The minimum atomic E-state index is -3.56. The summed E-state index contributed by atoms with van der Waals surface area (Å²) in [5.74, 6) is -0.243. The topological polar surface area (TPSA) is 63.4 Å². The number of nitrogens with two attached hydrogens (primary N) is 1. The van der Waals surface area contributed by atoms with Crippen molar-refractivity contribution in [2.75, 3.05) is 13.1 Å². The highest BCUT2D eigenvalue weighted by molar-refractivity contribution is 7.89. The first-order valence-corrected chi connectivity index (χ1v) is 8.28. The fraction of sp³-hybridized carbons (Fsp3) is 0.571. The Hall–Kier alpha value is -0.980. The maximum atomic E-state index is 13.1. The molecule has 1 saturated heterocycles. The van der Waals surface area contributed by atoms with E-state index in [1.807, 2.05) is 6.92 Å². The Bertz CT molecular complexity index is 587. The molecule has 0 aromatic heterocycles. The smallest absolute Gasteiger partial charge is 0.243 e. The van der Waals surface area contributed by atoms with E-state index in [1.165, 1.54) is 22.5 Å². The molecule has 1 aromatic rings. The molecule has 2 N–H and O–H groups in total. The second-order valence-electron chi connectivity index (χ2n) is 5.53. The van der Waals surface area contributed by atoms with Crippen molar-refractivity contribution in [2.45, 2.75) is 37.6 Å². The first-order valence-electron chi connectivity index (χ1n) is 6.84. The lowest BCUT2D eigenvalue weighted by Gasteiger charge is -2.34. The van der Waals surface area contributed by atoms with Crippen LogP contribution in [0.3, 0.4) is 0 Å². The second-order valence-corrected chi connectivity index (χ2v) is 7.44. The number of benzene rings is 1. The monoisotopic (exact) mass is 300 g/mol. The Morgan fingerprint density at radius 3 is 2.75 bits per heavy atom. The van der Waals surface area contributed by atoms with Crippen LogP contribution in [0.2, 0.25) is 0 Å². The van der Waals surface area contributed by atoms with Gasteiger partial charge < -0.3 is 5.73 Å². The third-order valence-corrected chi connectivity index (χ3v) is 5.94. The van der Waals surface area contributed by atoms with Crippen molar-refractivity contribution >= 4 is 10.0 Å². The van der Waals surface area contributed by atoms with E-state index in [1.54, 1.807) is 6.92 Å². The van der Waals surface area contributed by atoms with Crippen LogP contribution in [-0.2, 0) is 10.0 Å². The summed E-state index contributed by atoms with van der Waals surface area (Å²) in [7, 11) is -3.56. The van der Waals surface area contributed by atoms with Crippen molar-refractivity contribution in [3.8, 4) is 0 Å². The van der Waals surface area contributed by atoms with Crippen LogP contribution in [0, 0.1) is 18.7 Å². The Balaban J connectivity index is 2.30. The van der Waals surface area contributed by atoms with Gasteiger partial charge in [-0.15, -0.1) is 0 Å². The maximum Gasteiger partial charge on any atom is 0.243 e. The Kier molecular flexibility index (Phi) is 4.46. The molecule has 0 bridgehead atoms. The summed E-state index contributed by atoms with van der Waals surface area (Å²) in [5, 5.41) is 0. The lowest BCUT2D eigenvalue weighted by Crippen LogP contribution is -2.45. The van der Waals surface area contributed by atoms with Crippen LogP contribution >= 0.6 is 0 Å². The molecule has 112 valence electrons. The molecule has 0 saturated carbocycles. The molecule has 1 aromatic carbocycles. The zero-order chi connectivity index (χ0) is 14.9. The van der Waals surface area contributed by atoms with Crippen LogP contribution in [0.4, 0.5) is 4.39 Å². The molecule has 0 spiro atoms. The highest BCUT2D eigenvalue weighted by Crippen LogP contribution is 2.26. The van der Waals surface area contributed by atoms with E-state index >= 15 is 0 Å². The van der Waals surface area contributed by atoms with Gasteiger partial charge in [-0.1, -0.05) is 0 Å². The minimum absolute atomic E-state index is 0.0256. The molecule has 1 heterocycles. The van der Waals surface area contributed by atoms with Gasteiger partial charge in [-0.2, -0.15) is 4.31 Å². The summed E-state index contributed by atoms with van der Waals surface area (Å²) in [6.45, 7) is 4.46. The summed E-state index contributed by atoms with van der Waals surface area (Å²) >= 11 is 0. The Labute approximate surface area is 119 Å². The molecule has 1 aliphatic heterocycles. The molecular weight excluding hydrogens is 279 g/mol. The standard InChI is InChI=1S/C14H21FN2O2S/c1-10-8-13(15)5-6-14(10)20(18,19)17-7-3-4-12(9-17)11(2)16/h5-6,8,11-12H,3-4,7,9,16H2,1-2H3. The first kappa shape index (κ1) is 15.4. The predicted octanol–water partition coefficient (Wildman–Crippen LogP) is 1.88. The summed E-state index contributed by atoms with van der Waals surface area (Å²) < 4.78 is 39.9. The molecule has 2 rings (SSSR count). The summed E-state index contributed by atoms with van der Waals surface area (Å²) in [4.78, 5) is 0.184. The molecule has 20 heavy (non-hydrogen) atoms. The van der Waals surface area contributed by atoms with Crippen LogP contribution in [0.25, 0.3) is 0 Å². The number of nitrogens with zero attached hydrogens (tertiary/aromatic N) is 1. The molecule has 2 unspecified atom stereocenters. The third kappa shape index (κ3) is 3.02. The summed E-state index contributed by atoms with van der Waals surface area (Å²) in [6.07, 6.45) is 1.76. The molecule has 1 aliphatic rings. The zero-order valence-electron chi connectivity index (χ0n) is 11.8. The molecular formula is C14H21FN2O2S. The lowest BCUT2D eigenvalue weighted by atomic mass is 9.93. The number of aryl methyl sites for hydroxylation is 1. The van der Waals surface area contributed by atoms with Crippen LogP contribution < -0.4 is 5.73 Å². The quantitative estimate of drug-likeness (QED) is 0.927.